The standard InChI is InChI=1S/C18H24ClN3O2/c19-18-12-17(21-15-3-5-16(23)6-4-15)14(13-20-18)2-1-7-22-8-10-24-11-9-22/h12-13,15-16,23H,3-11H2,(H,20,21). The Morgan fingerprint density at radius 1 is 1.29 bits per heavy atom. The van der Waals surface area contributed by atoms with Gasteiger partial charge in [0.2, 0.25) is 0 Å². The maximum Gasteiger partial charge on any atom is 0.131 e. The number of aliphatic hydroxyl groups excluding tert-OH is 1. The third-order valence-corrected chi connectivity index (χ3v) is 4.76. The lowest BCUT2D eigenvalue weighted by atomic mass is 9.93. The van der Waals surface area contributed by atoms with Gasteiger partial charge in [-0.25, -0.2) is 4.98 Å². The van der Waals surface area contributed by atoms with Crippen LogP contribution < -0.4 is 5.32 Å². The lowest BCUT2D eigenvalue weighted by Crippen LogP contribution is -2.36. The summed E-state index contributed by atoms with van der Waals surface area (Å²) in [5.74, 6) is 6.45. The van der Waals surface area contributed by atoms with Crippen molar-refractivity contribution < 1.29 is 9.84 Å². The molecule has 3 rings (SSSR count). The molecular formula is C18H24ClN3O2. The van der Waals surface area contributed by atoms with Crippen molar-refractivity contribution in [3.05, 3.63) is 23.0 Å². The van der Waals surface area contributed by atoms with Gasteiger partial charge in [-0.2, -0.15) is 0 Å². The predicted molar refractivity (Wildman–Crippen MR) is 95.3 cm³/mol. The SMILES string of the molecule is OC1CCC(Nc2cc(Cl)ncc2C#CCN2CCOCC2)CC1. The van der Waals surface area contributed by atoms with Crippen molar-refractivity contribution in [2.24, 2.45) is 0 Å². The molecule has 1 aliphatic carbocycles. The van der Waals surface area contributed by atoms with Crippen molar-refractivity contribution in [2.75, 3.05) is 38.2 Å². The maximum atomic E-state index is 9.64. The topological polar surface area (TPSA) is 57.6 Å². The molecule has 2 heterocycles. The molecule has 5 nitrogen and oxygen atoms in total. The maximum absolute atomic E-state index is 9.64. The molecule has 1 aromatic heterocycles. The normalized spacial score (nSPS) is 24.9. The van der Waals surface area contributed by atoms with Gasteiger partial charge in [0.1, 0.15) is 5.15 Å². The average Bonchev–Trinajstić information content (AvgIpc) is 2.60. The number of nitrogens with zero attached hydrogens (tertiary/aromatic N) is 2. The average molecular weight is 350 g/mol. The summed E-state index contributed by atoms with van der Waals surface area (Å²) in [6.45, 7) is 4.17. The molecule has 0 bridgehead atoms. The first-order chi connectivity index (χ1) is 11.7. The highest BCUT2D eigenvalue weighted by atomic mass is 35.5. The smallest absolute Gasteiger partial charge is 0.131 e. The summed E-state index contributed by atoms with van der Waals surface area (Å²) < 4.78 is 5.35. The second kappa shape index (κ2) is 8.68. The van der Waals surface area contributed by atoms with Gasteiger partial charge in [-0.15, -0.1) is 0 Å². The Morgan fingerprint density at radius 2 is 2.04 bits per heavy atom. The number of ether oxygens (including phenoxy) is 1. The van der Waals surface area contributed by atoms with E-state index in [1.807, 2.05) is 6.07 Å². The summed E-state index contributed by atoms with van der Waals surface area (Å²) in [5.41, 5.74) is 1.81. The van der Waals surface area contributed by atoms with Gasteiger partial charge in [-0.05, 0) is 31.7 Å². The minimum Gasteiger partial charge on any atom is -0.393 e. The number of hydrogen-bond donors (Lipinski definition) is 2. The zero-order valence-electron chi connectivity index (χ0n) is 13.8. The van der Waals surface area contributed by atoms with Crippen LogP contribution >= 0.6 is 11.6 Å². The number of rotatable bonds is 3. The van der Waals surface area contributed by atoms with E-state index in [1.54, 1.807) is 6.20 Å². The molecule has 0 radical (unpaired) electrons. The summed E-state index contributed by atoms with van der Waals surface area (Å²) in [7, 11) is 0. The second-order valence-corrected chi connectivity index (χ2v) is 6.78. The van der Waals surface area contributed by atoms with Crippen molar-refractivity contribution in [2.45, 2.75) is 37.8 Å². The Kier molecular flexibility index (Phi) is 6.33. The van der Waals surface area contributed by atoms with Crippen LogP contribution in [0.4, 0.5) is 5.69 Å². The predicted octanol–water partition coefficient (Wildman–Crippen LogP) is 2.13. The molecule has 0 atom stereocenters. The van der Waals surface area contributed by atoms with Gasteiger partial charge < -0.3 is 15.2 Å². The van der Waals surface area contributed by atoms with Gasteiger partial charge in [-0.1, -0.05) is 23.4 Å². The Bertz CT molecular complexity index is 600. The fraction of sp³-hybridized carbons (Fsp3) is 0.611. The summed E-state index contributed by atoms with van der Waals surface area (Å²) in [6, 6.07) is 2.19. The monoisotopic (exact) mass is 349 g/mol. The van der Waals surface area contributed by atoms with Gasteiger partial charge in [-0.3, -0.25) is 4.90 Å². The zero-order valence-corrected chi connectivity index (χ0v) is 14.6. The highest BCUT2D eigenvalue weighted by molar-refractivity contribution is 6.29. The molecule has 1 aromatic rings. The highest BCUT2D eigenvalue weighted by Crippen LogP contribution is 2.25. The molecular weight excluding hydrogens is 326 g/mol. The number of morpholine rings is 1. The van der Waals surface area contributed by atoms with Crippen LogP contribution in [0.25, 0.3) is 0 Å². The van der Waals surface area contributed by atoms with Crippen LogP contribution in [0, 0.1) is 11.8 Å². The first kappa shape index (κ1) is 17.5. The molecule has 0 amide bonds. The zero-order chi connectivity index (χ0) is 16.8. The largest absolute Gasteiger partial charge is 0.393 e. The molecule has 6 heteroatoms. The van der Waals surface area contributed by atoms with E-state index >= 15 is 0 Å². The molecule has 2 aliphatic rings. The number of aliphatic hydroxyl groups is 1. The van der Waals surface area contributed by atoms with E-state index in [1.165, 1.54) is 0 Å². The summed E-state index contributed by atoms with van der Waals surface area (Å²) in [6.07, 6.45) is 5.18. The van der Waals surface area contributed by atoms with Crippen LogP contribution in [0.5, 0.6) is 0 Å². The fourth-order valence-electron chi connectivity index (χ4n) is 3.09. The van der Waals surface area contributed by atoms with Crippen LogP contribution in [0.2, 0.25) is 5.15 Å². The van der Waals surface area contributed by atoms with E-state index in [2.05, 4.69) is 27.0 Å². The number of aromatic nitrogens is 1. The number of hydrogen-bond acceptors (Lipinski definition) is 5. The van der Waals surface area contributed by atoms with Gasteiger partial charge in [0, 0.05) is 25.3 Å². The molecule has 2 N–H and O–H groups in total. The summed E-state index contributed by atoms with van der Waals surface area (Å²) >= 11 is 6.05. The Labute approximate surface area is 148 Å². The van der Waals surface area contributed by atoms with Gasteiger partial charge >= 0.3 is 0 Å². The first-order valence-corrected chi connectivity index (χ1v) is 8.97. The molecule has 2 fully saturated rings. The molecule has 1 saturated carbocycles. The van der Waals surface area contributed by atoms with Crippen molar-refractivity contribution in [1.82, 2.24) is 9.88 Å². The van der Waals surface area contributed by atoms with Crippen molar-refractivity contribution in [1.29, 1.82) is 0 Å². The van der Waals surface area contributed by atoms with Crippen molar-refractivity contribution in [3.63, 3.8) is 0 Å². The number of halogens is 1. The lowest BCUT2D eigenvalue weighted by molar-refractivity contribution is 0.0443. The van der Waals surface area contributed by atoms with Gasteiger partial charge in [0.25, 0.3) is 0 Å². The molecule has 0 unspecified atom stereocenters. The van der Waals surface area contributed by atoms with E-state index in [0.717, 1.165) is 69.8 Å². The van der Waals surface area contributed by atoms with E-state index in [9.17, 15) is 5.11 Å². The molecule has 0 spiro atoms. The Hall–Kier alpha value is -1.32. The van der Waals surface area contributed by atoms with Crippen LogP contribution in [0.1, 0.15) is 31.2 Å². The minimum atomic E-state index is -0.156. The van der Waals surface area contributed by atoms with E-state index < -0.39 is 0 Å². The third kappa shape index (κ3) is 5.09. The van der Waals surface area contributed by atoms with Crippen LogP contribution in [0.15, 0.2) is 12.3 Å². The van der Waals surface area contributed by atoms with E-state index in [0.29, 0.717) is 11.2 Å². The molecule has 130 valence electrons. The number of anilines is 1. The Balaban J connectivity index is 1.64. The minimum absolute atomic E-state index is 0.156. The number of pyridine rings is 1. The molecule has 0 aromatic carbocycles. The highest BCUT2D eigenvalue weighted by Gasteiger charge is 2.20. The van der Waals surface area contributed by atoms with E-state index in [-0.39, 0.29) is 6.10 Å². The molecule has 1 aliphatic heterocycles. The number of nitrogens with one attached hydrogen (secondary N) is 1. The van der Waals surface area contributed by atoms with Gasteiger partial charge in [0.05, 0.1) is 37.1 Å². The quantitative estimate of drug-likeness (QED) is 0.646. The first-order valence-electron chi connectivity index (χ1n) is 8.60. The van der Waals surface area contributed by atoms with Crippen LogP contribution in [-0.4, -0.2) is 60.0 Å². The van der Waals surface area contributed by atoms with Crippen molar-refractivity contribution in [3.8, 4) is 11.8 Å². The third-order valence-electron chi connectivity index (χ3n) is 4.56. The van der Waals surface area contributed by atoms with Crippen LogP contribution in [0.3, 0.4) is 0 Å². The second-order valence-electron chi connectivity index (χ2n) is 6.39. The fourth-order valence-corrected chi connectivity index (χ4v) is 3.25. The van der Waals surface area contributed by atoms with Crippen molar-refractivity contribution >= 4 is 17.3 Å². The van der Waals surface area contributed by atoms with Gasteiger partial charge in [0.15, 0.2) is 0 Å². The Morgan fingerprint density at radius 3 is 2.79 bits per heavy atom. The molecule has 1 saturated heterocycles. The van der Waals surface area contributed by atoms with E-state index in [4.69, 9.17) is 16.3 Å². The summed E-state index contributed by atoms with van der Waals surface area (Å²) in [5, 5.41) is 13.6. The molecule has 24 heavy (non-hydrogen) atoms. The summed E-state index contributed by atoms with van der Waals surface area (Å²) in [4.78, 5) is 6.45. The lowest BCUT2D eigenvalue weighted by Gasteiger charge is -2.27. The van der Waals surface area contributed by atoms with Crippen LogP contribution in [-0.2, 0) is 4.74 Å².